The monoisotopic (exact) mass is 255 g/mol. The van der Waals surface area contributed by atoms with Crippen LogP contribution in [0.3, 0.4) is 0 Å². The maximum atomic E-state index is 12.2. The fraction of sp³-hybridized carbons (Fsp3) is 0.857. The summed E-state index contributed by atoms with van der Waals surface area (Å²) in [5.41, 5.74) is 0.0245. The Kier molecular flexibility index (Phi) is 5.17. The molecular weight excluding hydrogens is 230 g/mol. The quantitative estimate of drug-likeness (QED) is 0.784. The van der Waals surface area contributed by atoms with Gasteiger partial charge in [-0.3, -0.25) is 4.79 Å². The molecule has 0 aromatic rings. The number of hydrogen-bond acceptors (Lipinski definition) is 3. The molecule has 1 N–H and O–H groups in total. The second-order valence-corrected chi connectivity index (χ2v) is 5.77. The van der Waals surface area contributed by atoms with Gasteiger partial charge >= 0.3 is 5.97 Å². The van der Waals surface area contributed by atoms with Crippen LogP contribution in [0.1, 0.15) is 53.4 Å². The van der Waals surface area contributed by atoms with Crippen LogP contribution in [0.4, 0.5) is 0 Å². The van der Waals surface area contributed by atoms with Crippen LogP contribution >= 0.6 is 0 Å². The van der Waals surface area contributed by atoms with E-state index in [-0.39, 0.29) is 23.2 Å². The molecular formula is C14H25NO3. The van der Waals surface area contributed by atoms with Crippen molar-refractivity contribution >= 4 is 11.9 Å². The van der Waals surface area contributed by atoms with Gasteiger partial charge in [0.05, 0.1) is 6.61 Å². The molecule has 0 radical (unpaired) electrons. The molecule has 1 fully saturated rings. The Balaban J connectivity index is 2.56. The Hall–Kier alpha value is -1.06. The van der Waals surface area contributed by atoms with E-state index >= 15 is 0 Å². The van der Waals surface area contributed by atoms with E-state index in [9.17, 15) is 9.59 Å². The van der Waals surface area contributed by atoms with E-state index in [2.05, 4.69) is 19.2 Å². The Morgan fingerprint density at radius 1 is 1.39 bits per heavy atom. The summed E-state index contributed by atoms with van der Waals surface area (Å²) in [6.07, 6.45) is 4.26. The van der Waals surface area contributed by atoms with Crippen molar-refractivity contribution in [1.29, 1.82) is 0 Å². The zero-order valence-electron chi connectivity index (χ0n) is 11.9. The van der Waals surface area contributed by atoms with Crippen LogP contribution in [0.2, 0.25) is 0 Å². The third-order valence-corrected chi connectivity index (χ3v) is 3.82. The molecule has 0 spiro atoms. The molecule has 4 nitrogen and oxygen atoms in total. The van der Waals surface area contributed by atoms with E-state index in [0.29, 0.717) is 6.61 Å². The van der Waals surface area contributed by atoms with Gasteiger partial charge in [-0.25, -0.2) is 4.79 Å². The molecule has 1 rings (SSSR count). The Morgan fingerprint density at radius 2 is 2.06 bits per heavy atom. The molecule has 0 aliphatic heterocycles. The molecule has 2 unspecified atom stereocenters. The summed E-state index contributed by atoms with van der Waals surface area (Å²) in [5, 5.41) is 2.78. The van der Waals surface area contributed by atoms with Crippen LogP contribution in [0.5, 0.6) is 0 Å². The lowest BCUT2D eigenvalue weighted by Gasteiger charge is -2.37. The predicted octanol–water partition coefficient (Wildman–Crippen LogP) is 2.27. The molecule has 0 bridgehead atoms. The molecule has 1 saturated carbocycles. The van der Waals surface area contributed by atoms with Crippen molar-refractivity contribution < 1.29 is 14.3 Å². The summed E-state index contributed by atoms with van der Waals surface area (Å²) < 4.78 is 4.89. The molecule has 0 saturated heterocycles. The lowest BCUT2D eigenvalue weighted by Crippen LogP contribution is -2.47. The van der Waals surface area contributed by atoms with E-state index in [4.69, 9.17) is 4.74 Å². The number of amides is 1. The number of esters is 1. The molecule has 2 atom stereocenters. The van der Waals surface area contributed by atoms with Gasteiger partial charge in [-0.15, -0.1) is 0 Å². The van der Waals surface area contributed by atoms with Crippen molar-refractivity contribution in [2.45, 2.75) is 59.4 Å². The average Bonchev–Trinajstić information content (AvgIpc) is 2.28. The average molecular weight is 255 g/mol. The number of hydrogen-bond donors (Lipinski definition) is 1. The second kappa shape index (κ2) is 6.21. The summed E-state index contributed by atoms with van der Waals surface area (Å²) >= 11 is 0. The first kappa shape index (κ1) is 15.0. The standard InChI is InChI=1S/C14H25NO3/c1-5-18-13(17)10(2)15-12(16)11-8-6-7-9-14(11,3)4/h10-11H,5-9H2,1-4H3,(H,15,16). The van der Waals surface area contributed by atoms with E-state index in [1.54, 1.807) is 13.8 Å². The summed E-state index contributed by atoms with van der Waals surface area (Å²) in [6, 6.07) is -0.560. The van der Waals surface area contributed by atoms with Crippen molar-refractivity contribution in [3.8, 4) is 0 Å². The highest BCUT2D eigenvalue weighted by molar-refractivity contribution is 5.85. The first-order valence-corrected chi connectivity index (χ1v) is 6.85. The predicted molar refractivity (Wildman–Crippen MR) is 70.0 cm³/mol. The van der Waals surface area contributed by atoms with Gasteiger partial charge in [0.15, 0.2) is 0 Å². The van der Waals surface area contributed by atoms with Crippen LogP contribution in [0.15, 0.2) is 0 Å². The van der Waals surface area contributed by atoms with E-state index in [1.807, 2.05) is 0 Å². The first-order valence-electron chi connectivity index (χ1n) is 6.85. The van der Waals surface area contributed by atoms with Gasteiger partial charge in [-0.2, -0.15) is 0 Å². The van der Waals surface area contributed by atoms with E-state index in [1.165, 1.54) is 6.42 Å². The van der Waals surface area contributed by atoms with Gasteiger partial charge in [0.1, 0.15) is 6.04 Å². The van der Waals surface area contributed by atoms with Gasteiger partial charge < -0.3 is 10.1 Å². The fourth-order valence-electron chi connectivity index (χ4n) is 2.62. The molecule has 4 heteroatoms. The minimum atomic E-state index is -0.560. The van der Waals surface area contributed by atoms with Gasteiger partial charge in [0, 0.05) is 5.92 Å². The van der Waals surface area contributed by atoms with Gasteiger partial charge in [0.2, 0.25) is 5.91 Å². The molecule has 1 aliphatic rings. The third kappa shape index (κ3) is 3.72. The van der Waals surface area contributed by atoms with Crippen LogP contribution < -0.4 is 5.32 Å². The maximum absolute atomic E-state index is 12.2. The number of carbonyl (C=O) groups is 2. The zero-order valence-corrected chi connectivity index (χ0v) is 11.9. The van der Waals surface area contributed by atoms with Crippen molar-refractivity contribution in [2.75, 3.05) is 6.61 Å². The van der Waals surface area contributed by atoms with Crippen molar-refractivity contribution in [1.82, 2.24) is 5.32 Å². The number of carbonyl (C=O) groups excluding carboxylic acids is 2. The highest BCUT2D eigenvalue weighted by Crippen LogP contribution is 2.40. The molecule has 104 valence electrons. The lowest BCUT2D eigenvalue weighted by molar-refractivity contribution is -0.148. The third-order valence-electron chi connectivity index (χ3n) is 3.82. The van der Waals surface area contributed by atoms with Crippen molar-refractivity contribution in [3.05, 3.63) is 0 Å². The summed E-state index contributed by atoms with van der Waals surface area (Å²) in [4.78, 5) is 23.7. The highest BCUT2D eigenvalue weighted by atomic mass is 16.5. The van der Waals surface area contributed by atoms with E-state index in [0.717, 1.165) is 19.3 Å². The second-order valence-electron chi connectivity index (χ2n) is 5.77. The van der Waals surface area contributed by atoms with Gasteiger partial charge in [-0.05, 0) is 32.1 Å². The molecule has 1 aliphatic carbocycles. The smallest absolute Gasteiger partial charge is 0.328 e. The van der Waals surface area contributed by atoms with Crippen molar-refractivity contribution in [2.24, 2.45) is 11.3 Å². The SMILES string of the molecule is CCOC(=O)C(C)NC(=O)C1CCCCC1(C)C. The van der Waals surface area contributed by atoms with E-state index < -0.39 is 6.04 Å². The fourth-order valence-corrected chi connectivity index (χ4v) is 2.62. The Bertz CT molecular complexity index is 312. The van der Waals surface area contributed by atoms with Crippen LogP contribution in [0, 0.1) is 11.3 Å². The van der Waals surface area contributed by atoms with Crippen LogP contribution in [-0.4, -0.2) is 24.5 Å². The molecule has 0 heterocycles. The minimum Gasteiger partial charge on any atom is -0.464 e. The van der Waals surface area contributed by atoms with Crippen LogP contribution in [-0.2, 0) is 14.3 Å². The minimum absolute atomic E-state index is 0.00289. The maximum Gasteiger partial charge on any atom is 0.328 e. The Morgan fingerprint density at radius 3 is 2.61 bits per heavy atom. The summed E-state index contributed by atoms with van der Waals surface area (Å²) in [7, 11) is 0. The normalized spacial score (nSPS) is 24.1. The number of rotatable bonds is 4. The summed E-state index contributed by atoms with van der Waals surface area (Å²) in [5.74, 6) is -0.372. The van der Waals surface area contributed by atoms with Gasteiger partial charge in [0.25, 0.3) is 0 Å². The number of nitrogens with one attached hydrogen (secondary N) is 1. The first-order chi connectivity index (χ1) is 8.38. The molecule has 0 aromatic heterocycles. The van der Waals surface area contributed by atoms with Crippen LogP contribution in [0.25, 0.3) is 0 Å². The number of ether oxygens (including phenoxy) is 1. The molecule has 1 amide bonds. The largest absolute Gasteiger partial charge is 0.464 e. The summed E-state index contributed by atoms with van der Waals surface area (Å²) in [6.45, 7) is 8.03. The zero-order chi connectivity index (χ0) is 13.8. The highest BCUT2D eigenvalue weighted by Gasteiger charge is 2.37. The Labute approximate surface area is 109 Å². The molecule has 0 aromatic carbocycles. The van der Waals surface area contributed by atoms with Gasteiger partial charge in [-0.1, -0.05) is 26.7 Å². The lowest BCUT2D eigenvalue weighted by atomic mass is 9.68. The van der Waals surface area contributed by atoms with Crippen molar-refractivity contribution in [3.63, 3.8) is 0 Å². The molecule has 18 heavy (non-hydrogen) atoms. The topological polar surface area (TPSA) is 55.4 Å².